The first-order valence-electron chi connectivity index (χ1n) is 12.6. The van der Waals surface area contributed by atoms with E-state index in [1.54, 1.807) is 44.6 Å². The molecule has 2 aromatic carbocycles. The average molecular weight is 591 g/mol. The van der Waals surface area contributed by atoms with Gasteiger partial charge in [0.2, 0.25) is 0 Å². The molecule has 224 valence electrons. The second kappa shape index (κ2) is 13.7. The summed E-state index contributed by atoms with van der Waals surface area (Å²) in [5, 5.41) is 6.66. The zero-order chi connectivity index (χ0) is 30.3. The number of carbonyl (C=O) groups excluding carboxylic acids is 1. The number of nitrogens with one attached hydrogen (secondary N) is 1. The van der Waals surface area contributed by atoms with Crippen molar-refractivity contribution in [3.63, 3.8) is 0 Å². The Morgan fingerprint density at radius 1 is 0.952 bits per heavy atom. The quantitative estimate of drug-likeness (QED) is 0.270. The molecule has 1 amide bonds. The van der Waals surface area contributed by atoms with Crippen LogP contribution in [0.1, 0.15) is 22.8 Å². The molecule has 0 spiro atoms. The van der Waals surface area contributed by atoms with E-state index in [0.29, 0.717) is 5.69 Å². The molecule has 1 saturated heterocycles. The number of halogens is 3. The maximum Gasteiger partial charge on any atom is 0.573 e. The lowest BCUT2D eigenvalue weighted by Crippen LogP contribution is -2.59. The Kier molecular flexibility index (Phi) is 10.1. The molecule has 0 aliphatic carbocycles. The molecule has 1 aromatic heterocycles. The van der Waals surface area contributed by atoms with Gasteiger partial charge in [-0.3, -0.25) is 4.79 Å². The van der Waals surface area contributed by atoms with Crippen LogP contribution in [0.5, 0.6) is 5.75 Å². The third kappa shape index (κ3) is 7.79. The predicted molar refractivity (Wildman–Crippen MR) is 144 cm³/mol. The number of nitrogens with zero attached hydrogens (tertiary/aromatic N) is 3. The molecule has 11 nitrogen and oxygen atoms in total. The number of anilines is 1. The lowest BCUT2D eigenvalue weighted by atomic mass is 9.99. The zero-order valence-corrected chi connectivity index (χ0v) is 23.1. The first-order chi connectivity index (χ1) is 20.1. The number of methoxy groups -OCH3 is 3. The fraction of sp³-hybridized carbons (Fsp3) is 0.357. The Morgan fingerprint density at radius 3 is 2.24 bits per heavy atom. The smallest absolute Gasteiger partial charge is 0.406 e. The lowest BCUT2D eigenvalue weighted by Gasteiger charge is -2.42. The summed E-state index contributed by atoms with van der Waals surface area (Å²) in [5.41, 5.74) is 2.11. The maximum absolute atomic E-state index is 12.6. The molecule has 1 fully saturated rings. The van der Waals surface area contributed by atoms with Gasteiger partial charge in [-0.15, -0.1) is 13.2 Å². The van der Waals surface area contributed by atoms with Crippen LogP contribution in [0, 0.1) is 0 Å². The molecule has 0 bridgehead atoms. The van der Waals surface area contributed by atoms with Gasteiger partial charge in [0.15, 0.2) is 6.10 Å². The molecule has 14 heteroatoms. The van der Waals surface area contributed by atoms with Gasteiger partial charge in [-0.25, -0.2) is 9.97 Å². The Hall–Kier alpha value is -4.11. The topological polar surface area (TPSA) is 123 Å². The number of alkyl halides is 3. The highest BCUT2D eigenvalue weighted by Gasteiger charge is 2.47. The minimum atomic E-state index is -4.82. The van der Waals surface area contributed by atoms with Crippen molar-refractivity contribution in [2.24, 2.45) is 5.16 Å². The van der Waals surface area contributed by atoms with E-state index in [1.807, 2.05) is 6.92 Å². The van der Waals surface area contributed by atoms with Crippen molar-refractivity contribution in [3.8, 4) is 17.0 Å². The third-order valence-corrected chi connectivity index (χ3v) is 6.38. The van der Waals surface area contributed by atoms with Gasteiger partial charge in [-0.1, -0.05) is 29.4 Å². The monoisotopic (exact) mass is 590 g/mol. The van der Waals surface area contributed by atoms with Crippen molar-refractivity contribution >= 4 is 17.9 Å². The van der Waals surface area contributed by atoms with Crippen LogP contribution >= 0.6 is 0 Å². The summed E-state index contributed by atoms with van der Waals surface area (Å²) in [5.74, 6) is -0.787. The summed E-state index contributed by atoms with van der Waals surface area (Å²) in [6, 6.07) is 13.3. The number of aromatic nitrogens is 2. The molecule has 3 aromatic rings. The van der Waals surface area contributed by atoms with Gasteiger partial charge < -0.3 is 33.8 Å². The minimum Gasteiger partial charge on any atom is -0.406 e. The number of hydrogen-bond acceptors (Lipinski definition) is 10. The highest BCUT2D eigenvalue weighted by molar-refractivity contribution is 6.04. The second-order valence-electron chi connectivity index (χ2n) is 9.09. The van der Waals surface area contributed by atoms with Crippen molar-refractivity contribution in [2.75, 3.05) is 26.6 Å². The van der Waals surface area contributed by atoms with E-state index in [9.17, 15) is 18.0 Å². The van der Waals surface area contributed by atoms with E-state index in [2.05, 4.69) is 25.2 Å². The summed E-state index contributed by atoms with van der Waals surface area (Å²) in [4.78, 5) is 26.4. The summed E-state index contributed by atoms with van der Waals surface area (Å²) in [6.45, 7) is 1.85. The van der Waals surface area contributed by atoms with Crippen LogP contribution in [0.15, 0.2) is 66.1 Å². The number of rotatable bonds is 10. The standard InChI is InChI=1S/C28H29F3N4O7/c1-16-23(37-2)24(38-3)25(39-4)27(40-16)42-34-14-17-5-7-18(8-6-17)21-13-22(33-15-32-21)35-26(36)19-9-11-20(12-10-19)41-28(29,30)31/h5-16,23-25,27H,1-4H3,(H,32,33,35,36)/t16-,23-,24+,25+,27-/m0/s1. The van der Waals surface area contributed by atoms with Crippen LogP contribution in [-0.4, -0.2) is 80.5 Å². The normalized spacial score (nSPS) is 22.6. The number of carbonyl (C=O) groups is 1. The molecule has 0 saturated carbocycles. The van der Waals surface area contributed by atoms with E-state index in [0.717, 1.165) is 23.3 Å². The van der Waals surface area contributed by atoms with E-state index in [1.165, 1.54) is 31.8 Å². The van der Waals surface area contributed by atoms with Crippen molar-refractivity contribution in [3.05, 3.63) is 72.1 Å². The van der Waals surface area contributed by atoms with E-state index >= 15 is 0 Å². The summed E-state index contributed by atoms with van der Waals surface area (Å²) >= 11 is 0. The third-order valence-electron chi connectivity index (χ3n) is 6.38. The first kappa shape index (κ1) is 30.8. The number of hydrogen-bond donors (Lipinski definition) is 1. The highest BCUT2D eigenvalue weighted by Crippen LogP contribution is 2.28. The molecular weight excluding hydrogens is 561 g/mol. The zero-order valence-electron chi connectivity index (χ0n) is 23.1. The Morgan fingerprint density at radius 2 is 1.62 bits per heavy atom. The fourth-order valence-corrected chi connectivity index (χ4v) is 4.37. The van der Waals surface area contributed by atoms with Crippen LogP contribution in [0.25, 0.3) is 11.3 Å². The first-order valence-corrected chi connectivity index (χ1v) is 12.6. The molecule has 1 N–H and O–H groups in total. The molecule has 2 heterocycles. The Labute approximate surface area is 239 Å². The van der Waals surface area contributed by atoms with Gasteiger partial charge in [0.05, 0.1) is 18.0 Å². The molecule has 42 heavy (non-hydrogen) atoms. The molecule has 0 radical (unpaired) electrons. The van der Waals surface area contributed by atoms with Crippen molar-refractivity contribution < 1.29 is 46.5 Å². The molecule has 1 aliphatic rings. The van der Waals surface area contributed by atoms with Crippen LogP contribution in [0.4, 0.5) is 19.0 Å². The molecule has 0 unspecified atom stereocenters. The number of oxime groups is 1. The summed E-state index contributed by atoms with van der Waals surface area (Å²) in [6.07, 6.45) is -4.45. The molecule has 4 rings (SSSR count). The molecular formula is C28H29F3N4O7. The van der Waals surface area contributed by atoms with Gasteiger partial charge >= 0.3 is 6.36 Å². The number of amides is 1. The number of ether oxygens (including phenoxy) is 5. The summed E-state index contributed by atoms with van der Waals surface area (Å²) < 4.78 is 63.3. The lowest BCUT2D eigenvalue weighted by molar-refractivity contribution is -0.305. The van der Waals surface area contributed by atoms with E-state index in [-0.39, 0.29) is 23.6 Å². The summed E-state index contributed by atoms with van der Waals surface area (Å²) in [7, 11) is 4.67. The van der Waals surface area contributed by atoms with Crippen LogP contribution in [0.3, 0.4) is 0 Å². The van der Waals surface area contributed by atoms with Gasteiger partial charge in [-0.2, -0.15) is 0 Å². The highest BCUT2D eigenvalue weighted by atomic mass is 19.4. The van der Waals surface area contributed by atoms with Gasteiger partial charge in [0.25, 0.3) is 12.2 Å². The minimum absolute atomic E-state index is 0.122. The van der Waals surface area contributed by atoms with E-state index < -0.39 is 36.5 Å². The van der Waals surface area contributed by atoms with Crippen molar-refractivity contribution in [1.29, 1.82) is 0 Å². The Bertz CT molecular complexity index is 1360. The van der Waals surface area contributed by atoms with Gasteiger partial charge in [-0.05, 0) is 36.8 Å². The largest absolute Gasteiger partial charge is 0.573 e. The molecule has 1 aliphatic heterocycles. The van der Waals surface area contributed by atoms with Gasteiger partial charge in [0.1, 0.15) is 30.1 Å². The van der Waals surface area contributed by atoms with Crippen molar-refractivity contribution in [2.45, 2.75) is 44.0 Å². The second-order valence-corrected chi connectivity index (χ2v) is 9.09. The van der Waals surface area contributed by atoms with Crippen LogP contribution in [-0.2, 0) is 23.8 Å². The number of benzene rings is 2. The SMILES string of the molecule is CO[C@@H]1[C@@H](OC)[C@H](C)O[C@@H](ON=Cc2ccc(-c3cc(NC(=O)c4ccc(OC(F)(F)F)cc4)ncn3)cc2)[C@@H]1OC. The predicted octanol–water partition coefficient (Wildman–Crippen LogP) is 4.43. The van der Waals surface area contributed by atoms with Crippen molar-refractivity contribution in [1.82, 2.24) is 9.97 Å². The van der Waals surface area contributed by atoms with Crippen LogP contribution < -0.4 is 10.1 Å². The van der Waals surface area contributed by atoms with Gasteiger partial charge in [0, 0.05) is 38.5 Å². The maximum atomic E-state index is 12.6. The fourth-order valence-electron chi connectivity index (χ4n) is 4.37. The average Bonchev–Trinajstić information content (AvgIpc) is 2.96. The van der Waals surface area contributed by atoms with Crippen LogP contribution in [0.2, 0.25) is 0 Å². The molecule has 5 atom stereocenters. The Balaban J connectivity index is 1.37. The van der Waals surface area contributed by atoms with E-state index in [4.69, 9.17) is 23.8 Å².